The van der Waals surface area contributed by atoms with Crippen LogP contribution in [0.5, 0.6) is 0 Å². The molecule has 2 rings (SSSR count). The van der Waals surface area contributed by atoms with Gasteiger partial charge in [-0.05, 0) is 11.4 Å². The van der Waals surface area contributed by atoms with Crippen molar-refractivity contribution in [2.45, 2.75) is 6.54 Å². The van der Waals surface area contributed by atoms with Gasteiger partial charge in [0.1, 0.15) is 5.88 Å². The summed E-state index contributed by atoms with van der Waals surface area (Å²) in [5, 5.41) is 12.8. The van der Waals surface area contributed by atoms with Gasteiger partial charge in [0.05, 0.1) is 11.4 Å². The lowest BCUT2D eigenvalue weighted by Crippen LogP contribution is -2.25. The Hall–Kier alpha value is -1.11. The fourth-order valence-electron chi connectivity index (χ4n) is 1.36. The Morgan fingerprint density at radius 1 is 1.56 bits per heavy atom. The van der Waals surface area contributed by atoms with E-state index >= 15 is 0 Å². The zero-order valence-electron chi connectivity index (χ0n) is 9.59. The molecule has 0 atom stereocenters. The van der Waals surface area contributed by atoms with Crippen LogP contribution in [-0.4, -0.2) is 26.6 Å². The van der Waals surface area contributed by atoms with Crippen molar-refractivity contribution in [2.75, 3.05) is 5.88 Å². The van der Waals surface area contributed by atoms with Crippen LogP contribution in [0.15, 0.2) is 17.5 Å². The average molecular weight is 307 g/mol. The highest BCUT2D eigenvalue weighted by Gasteiger charge is 2.11. The van der Waals surface area contributed by atoms with Crippen LogP contribution < -0.4 is 5.32 Å². The maximum absolute atomic E-state index is 11.0. The van der Waals surface area contributed by atoms with Crippen LogP contribution in [0.2, 0.25) is 0 Å². The van der Waals surface area contributed by atoms with Crippen LogP contribution in [0.4, 0.5) is 0 Å². The Kier molecular flexibility index (Phi) is 5.58. The first-order chi connectivity index (χ1) is 8.22. The predicted octanol–water partition coefficient (Wildman–Crippen LogP) is 1.82. The van der Waals surface area contributed by atoms with E-state index in [4.69, 9.17) is 11.6 Å². The number of nitrogens with zero attached hydrogens (tertiary/aromatic N) is 3. The van der Waals surface area contributed by atoms with Crippen molar-refractivity contribution in [2.24, 2.45) is 7.05 Å². The lowest BCUT2D eigenvalue weighted by molar-refractivity contribution is -0.118. The fourth-order valence-corrected chi connectivity index (χ4v) is 2.20. The molecule has 0 saturated heterocycles. The van der Waals surface area contributed by atoms with Gasteiger partial charge in [-0.1, -0.05) is 6.07 Å². The van der Waals surface area contributed by atoms with Gasteiger partial charge >= 0.3 is 0 Å². The third-order valence-corrected chi connectivity index (χ3v) is 3.38. The van der Waals surface area contributed by atoms with E-state index in [1.165, 1.54) is 0 Å². The summed E-state index contributed by atoms with van der Waals surface area (Å²) in [7, 11) is 1.87. The number of rotatable bonds is 4. The predicted molar refractivity (Wildman–Crippen MR) is 74.1 cm³/mol. The number of halogens is 2. The Labute approximate surface area is 120 Å². The minimum Gasteiger partial charge on any atom is -0.348 e. The number of alkyl halides is 1. The van der Waals surface area contributed by atoms with Crippen LogP contribution in [-0.2, 0) is 18.4 Å². The van der Waals surface area contributed by atoms with Gasteiger partial charge in [0, 0.05) is 7.05 Å². The summed E-state index contributed by atoms with van der Waals surface area (Å²) in [6.45, 7) is 0.334. The zero-order valence-corrected chi connectivity index (χ0v) is 12.0. The van der Waals surface area contributed by atoms with Crippen LogP contribution in [0, 0.1) is 0 Å². The van der Waals surface area contributed by atoms with E-state index in [-0.39, 0.29) is 24.2 Å². The molecule has 1 N–H and O–H groups in total. The summed E-state index contributed by atoms with van der Waals surface area (Å²) in [6, 6.07) is 3.94. The summed E-state index contributed by atoms with van der Waals surface area (Å²) < 4.78 is 1.86. The van der Waals surface area contributed by atoms with E-state index < -0.39 is 0 Å². The average Bonchev–Trinajstić information content (AvgIpc) is 2.95. The molecule has 98 valence electrons. The molecule has 2 heterocycles. The van der Waals surface area contributed by atoms with E-state index in [1.54, 1.807) is 11.3 Å². The Morgan fingerprint density at radius 3 is 2.94 bits per heavy atom. The molecule has 0 spiro atoms. The van der Waals surface area contributed by atoms with Crippen molar-refractivity contribution in [3.05, 3.63) is 23.3 Å². The third-order valence-electron chi connectivity index (χ3n) is 2.27. The van der Waals surface area contributed by atoms with Crippen molar-refractivity contribution in [3.63, 3.8) is 0 Å². The van der Waals surface area contributed by atoms with E-state index in [0.29, 0.717) is 12.4 Å². The Balaban J connectivity index is 0.00000162. The van der Waals surface area contributed by atoms with E-state index in [0.717, 1.165) is 10.7 Å². The molecule has 8 heteroatoms. The monoisotopic (exact) mass is 306 g/mol. The van der Waals surface area contributed by atoms with Crippen LogP contribution in [0.25, 0.3) is 10.7 Å². The van der Waals surface area contributed by atoms with Crippen molar-refractivity contribution < 1.29 is 4.79 Å². The minimum absolute atomic E-state index is 0. The van der Waals surface area contributed by atoms with Crippen LogP contribution in [0.1, 0.15) is 5.82 Å². The summed E-state index contributed by atoms with van der Waals surface area (Å²) >= 11 is 6.99. The van der Waals surface area contributed by atoms with Gasteiger partial charge in [-0.15, -0.1) is 45.5 Å². The second-order valence-electron chi connectivity index (χ2n) is 3.39. The quantitative estimate of drug-likeness (QED) is 0.877. The summed E-state index contributed by atoms with van der Waals surface area (Å²) in [6.07, 6.45) is 0. The molecular formula is C10H12Cl2N4OS. The highest BCUT2D eigenvalue weighted by atomic mass is 35.5. The molecule has 0 aliphatic carbocycles. The van der Waals surface area contributed by atoms with Gasteiger partial charge in [0.2, 0.25) is 5.91 Å². The first kappa shape index (κ1) is 14.9. The normalized spacial score (nSPS) is 9.89. The van der Waals surface area contributed by atoms with Crippen LogP contribution >= 0.6 is 35.3 Å². The molecule has 0 fully saturated rings. The number of carbonyl (C=O) groups is 1. The molecule has 2 aromatic heterocycles. The molecule has 2 aromatic rings. The van der Waals surface area contributed by atoms with Gasteiger partial charge in [-0.2, -0.15) is 0 Å². The lowest BCUT2D eigenvalue weighted by Gasteiger charge is -2.03. The number of carbonyl (C=O) groups excluding carboxylic acids is 1. The molecule has 0 bridgehead atoms. The van der Waals surface area contributed by atoms with Gasteiger partial charge in [-0.25, -0.2) is 0 Å². The molecule has 5 nitrogen and oxygen atoms in total. The van der Waals surface area contributed by atoms with E-state index in [9.17, 15) is 4.79 Å². The van der Waals surface area contributed by atoms with Crippen LogP contribution in [0.3, 0.4) is 0 Å². The summed E-state index contributed by atoms with van der Waals surface area (Å²) in [5.74, 6) is 1.24. The smallest absolute Gasteiger partial charge is 0.235 e. The second-order valence-corrected chi connectivity index (χ2v) is 4.60. The Bertz CT molecular complexity index is 512. The summed E-state index contributed by atoms with van der Waals surface area (Å²) in [4.78, 5) is 12.1. The van der Waals surface area contributed by atoms with Gasteiger partial charge < -0.3 is 9.88 Å². The number of aromatic nitrogens is 3. The molecule has 1 amide bonds. The molecule has 0 aliphatic heterocycles. The largest absolute Gasteiger partial charge is 0.348 e. The molecular weight excluding hydrogens is 295 g/mol. The molecule has 0 radical (unpaired) electrons. The lowest BCUT2D eigenvalue weighted by atomic mass is 10.4. The topological polar surface area (TPSA) is 59.8 Å². The van der Waals surface area contributed by atoms with E-state index in [1.807, 2.05) is 29.1 Å². The SMILES string of the molecule is Cl.Cn1c(CNC(=O)CCl)nnc1-c1cccs1. The second kappa shape index (κ2) is 6.72. The molecule has 18 heavy (non-hydrogen) atoms. The standard InChI is InChI=1S/C10H11ClN4OS.ClH/c1-15-8(6-12-9(16)5-11)13-14-10(15)7-3-2-4-17-7;/h2-4H,5-6H2,1H3,(H,12,16);1H. The Morgan fingerprint density at radius 2 is 2.33 bits per heavy atom. The maximum Gasteiger partial charge on any atom is 0.235 e. The van der Waals surface area contributed by atoms with Crippen molar-refractivity contribution in [3.8, 4) is 10.7 Å². The maximum atomic E-state index is 11.0. The minimum atomic E-state index is -0.215. The first-order valence-corrected chi connectivity index (χ1v) is 6.38. The molecule has 0 saturated carbocycles. The zero-order chi connectivity index (χ0) is 12.3. The highest BCUT2D eigenvalue weighted by Crippen LogP contribution is 2.22. The number of amides is 1. The number of hydrogen-bond donors (Lipinski definition) is 1. The molecule has 0 aliphatic rings. The van der Waals surface area contributed by atoms with Gasteiger partial charge in [0.15, 0.2) is 11.6 Å². The van der Waals surface area contributed by atoms with Gasteiger partial charge in [-0.3, -0.25) is 4.79 Å². The van der Waals surface area contributed by atoms with Gasteiger partial charge in [0.25, 0.3) is 0 Å². The van der Waals surface area contributed by atoms with E-state index in [2.05, 4.69) is 15.5 Å². The highest BCUT2D eigenvalue weighted by molar-refractivity contribution is 7.13. The summed E-state index contributed by atoms with van der Waals surface area (Å²) in [5.41, 5.74) is 0. The van der Waals surface area contributed by atoms with Crippen molar-refractivity contribution in [1.82, 2.24) is 20.1 Å². The fraction of sp³-hybridized carbons (Fsp3) is 0.300. The number of hydrogen-bond acceptors (Lipinski definition) is 4. The number of thiophene rings is 1. The first-order valence-electron chi connectivity index (χ1n) is 4.97. The van der Waals surface area contributed by atoms with Crippen molar-refractivity contribution >= 4 is 41.3 Å². The third kappa shape index (κ3) is 3.22. The number of nitrogens with one attached hydrogen (secondary N) is 1. The molecule has 0 unspecified atom stereocenters. The molecule has 0 aromatic carbocycles. The van der Waals surface area contributed by atoms with Crippen molar-refractivity contribution in [1.29, 1.82) is 0 Å².